The van der Waals surface area contributed by atoms with Gasteiger partial charge in [-0.2, -0.15) is 0 Å². The molecule has 0 aliphatic heterocycles. The normalized spacial score (nSPS) is 17.0. The second-order valence-electron chi connectivity index (χ2n) is 7.91. The van der Waals surface area contributed by atoms with Crippen LogP contribution >= 0.6 is 0 Å². The van der Waals surface area contributed by atoms with E-state index in [1.165, 1.54) is 5.56 Å². The lowest BCUT2D eigenvalue weighted by atomic mass is 9.76. The molecule has 0 saturated heterocycles. The minimum Gasteiger partial charge on any atom is -0.390 e. The Morgan fingerprint density at radius 3 is 2.48 bits per heavy atom. The third-order valence-corrected chi connectivity index (χ3v) is 5.53. The second-order valence-corrected chi connectivity index (χ2v) is 7.91. The van der Waals surface area contributed by atoms with Gasteiger partial charge in [0.1, 0.15) is 0 Å². The minimum absolute atomic E-state index is 0.0778. The summed E-state index contributed by atoms with van der Waals surface area (Å²) in [7, 11) is 0. The summed E-state index contributed by atoms with van der Waals surface area (Å²) >= 11 is 0. The molecule has 3 aromatic rings. The van der Waals surface area contributed by atoms with E-state index in [0.717, 1.165) is 28.1 Å². The van der Waals surface area contributed by atoms with Crippen LogP contribution in [0.25, 0.3) is 11.3 Å². The fraction of sp³-hybridized carbons (Fsp3) is 0.304. The highest BCUT2D eigenvalue weighted by atomic mass is 16.3. The predicted octanol–water partition coefficient (Wildman–Crippen LogP) is 4.18. The second kappa shape index (κ2) is 6.78. The molecule has 2 aromatic heterocycles. The maximum atomic E-state index is 13.1. The van der Waals surface area contributed by atoms with E-state index in [2.05, 4.69) is 22.1 Å². The molecule has 1 atom stereocenters. The summed E-state index contributed by atoms with van der Waals surface area (Å²) in [5.74, 6) is 0.0388. The van der Waals surface area contributed by atoms with E-state index in [1.807, 2.05) is 30.3 Å². The third-order valence-electron chi connectivity index (χ3n) is 5.53. The molecule has 1 aliphatic carbocycles. The molecule has 4 heteroatoms. The predicted molar refractivity (Wildman–Crippen MR) is 106 cm³/mol. The van der Waals surface area contributed by atoms with Gasteiger partial charge >= 0.3 is 0 Å². The lowest BCUT2D eigenvalue weighted by Crippen LogP contribution is -2.37. The number of nitrogens with one attached hydrogen (secondary N) is 1. The first-order valence-corrected chi connectivity index (χ1v) is 9.37. The lowest BCUT2D eigenvalue weighted by Gasteiger charge is -2.31. The van der Waals surface area contributed by atoms with Gasteiger partial charge in [-0.3, -0.25) is 9.78 Å². The number of aliphatic hydroxyl groups is 1. The Morgan fingerprint density at radius 2 is 1.81 bits per heavy atom. The summed E-state index contributed by atoms with van der Waals surface area (Å²) < 4.78 is 0. The molecule has 138 valence electrons. The molecule has 0 radical (unpaired) electrons. The summed E-state index contributed by atoms with van der Waals surface area (Å²) in [5.41, 5.74) is 5.10. The van der Waals surface area contributed by atoms with E-state index < -0.39 is 5.60 Å². The molecule has 4 nitrogen and oxygen atoms in total. The van der Waals surface area contributed by atoms with Crippen molar-refractivity contribution < 1.29 is 9.90 Å². The smallest absolute Gasteiger partial charge is 0.165 e. The Balaban J connectivity index is 1.84. The van der Waals surface area contributed by atoms with Crippen molar-refractivity contribution in [2.45, 2.75) is 38.7 Å². The number of carbonyl (C=O) groups excluding carboxylic acids is 1. The third kappa shape index (κ3) is 3.45. The number of hydrogen-bond acceptors (Lipinski definition) is 3. The molecule has 27 heavy (non-hydrogen) atoms. The highest BCUT2D eigenvalue weighted by molar-refractivity contribution is 6.02. The van der Waals surface area contributed by atoms with Gasteiger partial charge in [-0.1, -0.05) is 30.3 Å². The number of ketones is 1. The summed E-state index contributed by atoms with van der Waals surface area (Å²) in [4.78, 5) is 20.7. The molecule has 1 aliphatic rings. The number of aromatic nitrogens is 2. The maximum Gasteiger partial charge on any atom is 0.165 e. The van der Waals surface area contributed by atoms with Crippen LogP contribution in [0, 0.1) is 5.92 Å². The number of nitrogens with zero attached hydrogens (tertiary/aromatic N) is 1. The summed E-state index contributed by atoms with van der Waals surface area (Å²) in [6.45, 7) is 3.57. The first kappa shape index (κ1) is 17.7. The fourth-order valence-electron chi connectivity index (χ4n) is 3.97. The van der Waals surface area contributed by atoms with Crippen LogP contribution in [0.15, 0.2) is 54.9 Å². The molecule has 2 heterocycles. The zero-order valence-electron chi connectivity index (χ0n) is 15.7. The SMILES string of the molecule is CC(C)(O)C1CC(=O)c2c([nH]c(-c3ccncc3)c2Cc2ccccc2)C1. The van der Waals surface area contributed by atoms with Gasteiger partial charge in [-0.05, 0) is 49.4 Å². The zero-order valence-corrected chi connectivity index (χ0v) is 15.7. The molecule has 0 bridgehead atoms. The molecule has 0 saturated carbocycles. The average molecular weight is 360 g/mol. The van der Waals surface area contributed by atoms with E-state index in [-0.39, 0.29) is 11.7 Å². The maximum absolute atomic E-state index is 13.1. The van der Waals surface area contributed by atoms with Crippen molar-refractivity contribution in [1.82, 2.24) is 9.97 Å². The lowest BCUT2D eigenvalue weighted by molar-refractivity contribution is 0.0114. The van der Waals surface area contributed by atoms with Crippen molar-refractivity contribution in [2.24, 2.45) is 5.92 Å². The molecule has 4 rings (SSSR count). The molecule has 0 fully saturated rings. The summed E-state index contributed by atoms with van der Waals surface area (Å²) in [6.07, 6.45) is 5.29. The number of rotatable bonds is 4. The standard InChI is InChI=1S/C23H24N2O2/c1-23(2,27)17-13-19-21(20(26)14-17)18(12-15-6-4-3-5-7-15)22(25-19)16-8-10-24-11-9-16/h3-11,17,25,27H,12-14H2,1-2H3. The van der Waals surface area contributed by atoms with Gasteiger partial charge in [0.25, 0.3) is 0 Å². The van der Waals surface area contributed by atoms with E-state index in [4.69, 9.17) is 0 Å². The Kier molecular flexibility index (Phi) is 4.44. The molecule has 1 aromatic carbocycles. The quantitative estimate of drug-likeness (QED) is 0.733. The van der Waals surface area contributed by atoms with Gasteiger partial charge in [0.15, 0.2) is 5.78 Å². The molecule has 0 spiro atoms. The van der Waals surface area contributed by atoms with E-state index >= 15 is 0 Å². The Morgan fingerprint density at radius 1 is 1.11 bits per heavy atom. The van der Waals surface area contributed by atoms with E-state index in [1.54, 1.807) is 26.2 Å². The van der Waals surface area contributed by atoms with E-state index in [0.29, 0.717) is 19.3 Å². The van der Waals surface area contributed by atoms with Gasteiger partial charge in [0.2, 0.25) is 0 Å². The Labute approximate surface area is 159 Å². The monoisotopic (exact) mass is 360 g/mol. The number of aromatic amines is 1. The van der Waals surface area contributed by atoms with Gasteiger partial charge in [0, 0.05) is 42.1 Å². The van der Waals surface area contributed by atoms with Gasteiger partial charge in [-0.15, -0.1) is 0 Å². The van der Waals surface area contributed by atoms with E-state index in [9.17, 15) is 9.90 Å². The first-order valence-electron chi connectivity index (χ1n) is 9.37. The Hall–Kier alpha value is -2.72. The van der Waals surface area contributed by atoms with Crippen molar-refractivity contribution in [3.8, 4) is 11.3 Å². The molecular formula is C23H24N2O2. The number of H-pyrrole nitrogens is 1. The van der Waals surface area contributed by atoms with Crippen LogP contribution in [0.2, 0.25) is 0 Å². The number of hydrogen-bond donors (Lipinski definition) is 2. The van der Waals surface area contributed by atoms with Crippen LogP contribution in [0.1, 0.15) is 47.4 Å². The van der Waals surface area contributed by atoms with Crippen LogP contribution in [-0.4, -0.2) is 26.5 Å². The topological polar surface area (TPSA) is 66.0 Å². The van der Waals surface area contributed by atoms with Crippen molar-refractivity contribution in [3.63, 3.8) is 0 Å². The molecule has 2 N–H and O–H groups in total. The number of pyridine rings is 1. The number of benzene rings is 1. The van der Waals surface area contributed by atoms with Gasteiger partial charge in [0.05, 0.1) is 11.3 Å². The highest BCUT2D eigenvalue weighted by Crippen LogP contribution is 2.38. The van der Waals surface area contributed by atoms with Crippen LogP contribution in [-0.2, 0) is 12.8 Å². The van der Waals surface area contributed by atoms with Crippen LogP contribution in [0.3, 0.4) is 0 Å². The Bertz CT molecular complexity index is 953. The molecular weight excluding hydrogens is 336 g/mol. The van der Waals surface area contributed by atoms with Crippen molar-refractivity contribution >= 4 is 5.78 Å². The molecule has 0 amide bonds. The van der Waals surface area contributed by atoms with Gasteiger partial charge < -0.3 is 10.1 Å². The number of fused-ring (bicyclic) bond motifs is 1. The number of Topliss-reactive ketones (excluding diaryl/α,β-unsaturated/α-hetero) is 1. The highest BCUT2D eigenvalue weighted by Gasteiger charge is 2.37. The van der Waals surface area contributed by atoms with Gasteiger partial charge in [-0.25, -0.2) is 0 Å². The molecule has 1 unspecified atom stereocenters. The van der Waals surface area contributed by atoms with Crippen molar-refractivity contribution in [3.05, 3.63) is 77.2 Å². The van der Waals surface area contributed by atoms with Crippen LogP contribution in [0.4, 0.5) is 0 Å². The summed E-state index contributed by atoms with van der Waals surface area (Å²) in [6, 6.07) is 14.1. The largest absolute Gasteiger partial charge is 0.390 e. The average Bonchev–Trinajstić information content (AvgIpc) is 3.01. The fourth-order valence-corrected chi connectivity index (χ4v) is 3.97. The minimum atomic E-state index is -0.880. The summed E-state index contributed by atoms with van der Waals surface area (Å²) in [5, 5.41) is 10.4. The zero-order chi connectivity index (χ0) is 19.0. The van der Waals surface area contributed by atoms with Crippen molar-refractivity contribution in [1.29, 1.82) is 0 Å². The van der Waals surface area contributed by atoms with Crippen molar-refractivity contribution in [2.75, 3.05) is 0 Å². The van der Waals surface area contributed by atoms with Crippen LogP contribution in [0.5, 0.6) is 0 Å². The first-order chi connectivity index (χ1) is 12.9. The number of carbonyl (C=O) groups is 1. The van der Waals surface area contributed by atoms with Crippen LogP contribution < -0.4 is 0 Å².